The minimum Gasteiger partial charge on any atom is -0.381 e. The van der Waals surface area contributed by atoms with Crippen molar-refractivity contribution in [3.05, 3.63) is 41.5 Å². The van der Waals surface area contributed by atoms with Gasteiger partial charge >= 0.3 is 0 Å². The van der Waals surface area contributed by atoms with Gasteiger partial charge in [-0.05, 0) is 36.9 Å². The molecule has 6 rings (SSSR count). The van der Waals surface area contributed by atoms with Gasteiger partial charge < -0.3 is 14.8 Å². The predicted octanol–water partition coefficient (Wildman–Crippen LogP) is 2.37. The summed E-state index contributed by atoms with van der Waals surface area (Å²) < 4.78 is 12.0. The standard InChI is InChI=1S/C20H24N2O2/c1-23-19-17-13-10-16-20(7-8-22(16)11-12(13)6-9-24-19)14-4-2-3-5-15(14)21-18(17)20/h2-6,13,16-19,21H,7-11H2,1H3/t13-,16+,17-,18+,19+,20+/m0/s1. The van der Waals surface area contributed by atoms with E-state index in [4.69, 9.17) is 9.47 Å². The van der Waals surface area contributed by atoms with Gasteiger partial charge in [0.25, 0.3) is 0 Å². The lowest BCUT2D eigenvalue weighted by Gasteiger charge is -2.55. The van der Waals surface area contributed by atoms with E-state index in [1.807, 2.05) is 0 Å². The molecule has 4 heteroatoms. The second-order valence-corrected chi connectivity index (χ2v) is 8.08. The molecule has 4 aliphatic heterocycles. The third-order valence-electron chi connectivity index (χ3n) is 7.48. The van der Waals surface area contributed by atoms with Crippen LogP contribution in [0.25, 0.3) is 0 Å². The largest absolute Gasteiger partial charge is 0.381 e. The van der Waals surface area contributed by atoms with E-state index in [2.05, 4.69) is 40.6 Å². The molecule has 126 valence electrons. The topological polar surface area (TPSA) is 33.7 Å². The number of hydrogen-bond donors (Lipinski definition) is 1. The van der Waals surface area contributed by atoms with Gasteiger partial charge in [-0.2, -0.15) is 0 Å². The van der Waals surface area contributed by atoms with E-state index in [9.17, 15) is 0 Å². The molecule has 0 radical (unpaired) electrons. The summed E-state index contributed by atoms with van der Waals surface area (Å²) in [7, 11) is 1.81. The van der Waals surface area contributed by atoms with E-state index in [-0.39, 0.29) is 11.7 Å². The third kappa shape index (κ3) is 1.47. The van der Waals surface area contributed by atoms with Crippen molar-refractivity contribution >= 4 is 5.69 Å². The Hall–Kier alpha value is -1.36. The Kier molecular flexibility index (Phi) is 2.68. The normalized spacial score (nSPS) is 45.0. The summed E-state index contributed by atoms with van der Waals surface area (Å²) in [5, 5.41) is 3.92. The van der Waals surface area contributed by atoms with Crippen molar-refractivity contribution in [2.75, 3.05) is 32.1 Å². The fourth-order valence-electron chi connectivity index (χ4n) is 6.65. The molecule has 2 saturated heterocycles. The summed E-state index contributed by atoms with van der Waals surface area (Å²) in [4.78, 5) is 2.74. The molecule has 24 heavy (non-hydrogen) atoms. The molecule has 6 atom stereocenters. The predicted molar refractivity (Wildman–Crippen MR) is 91.9 cm³/mol. The van der Waals surface area contributed by atoms with Crippen molar-refractivity contribution in [2.45, 2.75) is 36.6 Å². The maximum absolute atomic E-state index is 6.13. The molecule has 4 nitrogen and oxygen atoms in total. The average Bonchev–Trinajstić information content (AvgIpc) is 3.09. The van der Waals surface area contributed by atoms with Crippen LogP contribution in [-0.2, 0) is 14.9 Å². The van der Waals surface area contributed by atoms with Crippen LogP contribution in [-0.4, -0.2) is 50.1 Å². The van der Waals surface area contributed by atoms with Crippen molar-refractivity contribution in [1.29, 1.82) is 0 Å². The zero-order chi connectivity index (χ0) is 15.9. The lowest BCUT2D eigenvalue weighted by atomic mass is 9.55. The van der Waals surface area contributed by atoms with Crippen LogP contribution in [0.4, 0.5) is 5.69 Å². The van der Waals surface area contributed by atoms with Crippen molar-refractivity contribution < 1.29 is 9.47 Å². The fraction of sp³-hybridized carbons (Fsp3) is 0.600. The first-order valence-electron chi connectivity index (χ1n) is 9.26. The number of para-hydroxylation sites is 1. The van der Waals surface area contributed by atoms with Crippen molar-refractivity contribution in [2.24, 2.45) is 11.8 Å². The Morgan fingerprint density at radius 3 is 3.17 bits per heavy atom. The summed E-state index contributed by atoms with van der Waals surface area (Å²) in [5.74, 6) is 0.990. The highest BCUT2D eigenvalue weighted by Gasteiger charge is 2.66. The van der Waals surface area contributed by atoms with E-state index in [0.717, 1.165) is 6.54 Å². The highest BCUT2D eigenvalue weighted by Crippen LogP contribution is 2.62. The number of hydrogen-bond acceptors (Lipinski definition) is 4. The Labute approximate surface area is 142 Å². The summed E-state index contributed by atoms with van der Waals surface area (Å²) in [6, 6.07) is 10.0. The van der Waals surface area contributed by atoms with Gasteiger partial charge in [0.2, 0.25) is 0 Å². The molecule has 0 unspecified atom stereocenters. The van der Waals surface area contributed by atoms with Gasteiger partial charge in [0.1, 0.15) is 0 Å². The van der Waals surface area contributed by atoms with Gasteiger partial charge in [-0.3, -0.25) is 4.90 Å². The lowest BCUT2D eigenvalue weighted by molar-refractivity contribution is -0.171. The van der Waals surface area contributed by atoms with Crippen LogP contribution in [0.2, 0.25) is 0 Å². The molecule has 2 bridgehead atoms. The first kappa shape index (κ1) is 13.9. The van der Waals surface area contributed by atoms with Crippen LogP contribution >= 0.6 is 0 Å². The zero-order valence-electron chi connectivity index (χ0n) is 14.1. The number of benzene rings is 1. The molecular formula is C20H24N2O2. The highest BCUT2D eigenvalue weighted by molar-refractivity contribution is 5.65. The van der Waals surface area contributed by atoms with Crippen molar-refractivity contribution in [3.63, 3.8) is 0 Å². The van der Waals surface area contributed by atoms with Crippen molar-refractivity contribution in [3.8, 4) is 0 Å². The molecule has 0 aromatic heterocycles. The number of piperidine rings is 1. The summed E-state index contributed by atoms with van der Waals surface area (Å²) >= 11 is 0. The Morgan fingerprint density at radius 2 is 2.25 bits per heavy atom. The van der Waals surface area contributed by atoms with Crippen molar-refractivity contribution in [1.82, 2.24) is 4.90 Å². The zero-order valence-corrected chi connectivity index (χ0v) is 14.1. The number of anilines is 1. The Bertz CT molecular complexity index is 732. The van der Waals surface area contributed by atoms with E-state index in [0.29, 0.717) is 30.5 Å². The number of fused-ring (bicyclic) bond motifs is 2. The molecule has 1 saturated carbocycles. The fourth-order valence-corrected chi connectivity index (χ4v) is 6.65. The number of ether oxygens (including phenoxy) is 2. The van der Waals surface area contributed by atoms with Gasteiger partial charge in [0.15, 0.2) is 6.29 Å². The molecule has 1 N–H and O–H groups in total. The quantitative estimate of drug-likeness (QED) is 0.804. The monoisotopic (exact) mass is 324 g/mol. The lowest BCUT2D eigenvalue weighted by Crippen LogP contribution is -2.64. The number of nitrogens with one attached hydrogen (secondary N) is 1. The number of nitrogens with zero attached hydrogens (tertiary/aromatic N) is 1. The summed E-state index contributed by atoms with van der Waals surface area (Å²) in [5.41, 5.74) is 4.69. The molecule has 3 fully saturated rings. The average molecular weight is 324 g/mol. The Morgan fingerprint density at radius 1 is 1.33 bits per heavy atom. The van der Waals surface area contributed by atoms with Gasteiger partial charge in [0, 0.05) is 42.8 Å². The van der Waals surface area contributed by atoms with Gasteiger partial charge in [-0.25, -0.2) is 0 Å². The van der Waals surface area contributed by atoms with E-state index in [1.54, 1.807) is 12.7 Å². The highest BCUT2D eigenvalue weighted by atomic mass is 16.7. The molecule has 1 aromatic carbocycles. The third-order valence-corrected chi connectivity index (χ3v) is 7.48. The van der Waals surface area contributed by atoms with Gasteiger partial charge in [-0.15, -0.1) is 0 Å². The second kappa shape index (κ2) is 4.63. The van der Waals surface area contributed by atoms with Crippen LogP contribution in [0.1, 0.15) is 18.4 Å². The SMILES string of the molecule is CO[C@@H]1OCC=C2CN3CC[C@]45c6ccccc6N[C@@H]4[C@@H]1[C@H]2C[C@@H]35. The van der Waals surface area contributed by atoms with Crippen LogP contribution < -0.4 is 5.32 Å². The summed E-state index contributed by atoms with van der Waals surface area (Å²) in [6.45, 7) is 3.03. The molecular weight excluding hydrogens is 300 g/mol. The smallest absolute Gasteiger partial charge is 0.162 e. The minimum absolute atomic E-state index is 0.111. The number of rotatable bonds is 1. The van der Waals surface area contributed by atoms with E-state index in [1.165, 1.54) is 30.6 Å². The number of methoxy groups -OCH3 is 1. The van der Waals surface area contributed by atoms with Crippen LogP contribution in [0, 0.1) is 11.8 Å². The Balaban J connectivity index is 1.58. The first-order chi connectivity index (χ1) is 11.8. The van der Waals surface area contributed by atoms with Gasteiger partial charge in [0.05, 0.1) is 6.61 Å². The van der Waals surface area contributed by atoms with E-state index >= 15 is 0 Å². The van der Waals surface area contributed by atoms with Crippen LogP contribution in [0.15, 0.2) is 35.9 Å². The molecule has 1 aliphatic carbocycles. The van der Waals surface area contributed by atoms with Crippen LogP contribution in [0.5, 0.6) is 0 Å². The maximum atomic E-state index is 6.13. The summed E-state index contributed by atoms with van der Waals surface area (Å²) in [6.07, 6.45) is 4.73. The minimum atomic E-state index is -0.111. The van der Waals surface area contributed by atoms with Crippen LogP contribution in [0.3, 0.4) is 0 Å². The molecule has 1 aromatic rings. The molecule has 1 spiro atoms. The molecule has 4 heterocycles. The second-order valence-electron chi connectivity index (χ2n) is 8.08. The molecule has 5 aliphatic rings. The van der Waals surface area contributed by atoms with Gasteiger partial charge in [-0.1, -0.05) is 29.8 Å². The maximum Gasteiger partial charge on any atom is 0.162 e. The molecule has 0 amide bonds. The first-order valence-corrected chi connectivity index (χ1v) is 9.26. The van der Waals surface area contributed by atoms with E-state index < -0.39 is 0 Å².